The number of rotatable bonds is 5. The summed E-state index contributed by atoms with van der Waals surface area (Å²) in [6.45, 7) is 5.20. The van der Waals surface area contributed by atoms with E-state index in [4.69, 9.17) is 15.0 Å². The Kier molecular flexibility index (Phi) is 5.44. The lowest BCUT2D eigenvalue weighted by atomic mass is 9.97. The standard InChI is InChI=1S/C29H29N5O/c1-19-12-14-22(15-13-19)18-34-20(2)30-27-25(29(34)35)26-28(32-24-11-7-6-10-23(24)31-26)33(27)17-16-21-8-4-3-5-9-21/h6-8,10-15H,3-5,9,16-18H2,1-2H3. The van der Waals surface area contributed by atoms with Crippen LogP contribution in [0.1, 0.15) is 49.1 Å². The van der Waals surface area contributed by atoms with Crippen LogP contribution in [0.2, 0.25) is 0 Å². The van der Waals surface area contributed by atoms with E-state index in [0.717, 1.165) is 48.1 Å². The third-order valence-corrected chi connectivity index (χ3v) is 7.14. The molecule has 176 valence electrons. The van der Waals surface area contributed by atoms with Crippen molar-refractivity contribution in [2.75, 3.05) is 0 Å². The molecule has 6 nitrogen and oxygen atoms in total. The predicted molar refractivity (Wildman–Crippen MR) is 141 cm³/mol. The van der Waals surface area contributed by atoms with E-state index >= 15 is 0 Å². The summed E-state index contributed by atoms with van der Waals surface area (Å²) in [5.41, 5.74) is 7.41. The Balaban J connectivity index is 1.55. The molecule has 35 heavy (non-hydrogen) atoms. The molecule has 0 saturated heterocycles. The number of hydrogen-bond acceptors (Lipinski definition) is 4. The Labute approximate surface area is 204 Å². The highest BCUT2D eigenvalue weighted by atomic mass is 16.1. The molecule has 0 spiro atoms. The molecule has 3 heterocycles. The van der Waals surface area contributed by atoms with E-state index < -0.39 is 0 Å². The molecule has 6 heteroatoms. The molecule has 0 fully saturated rings. The molecule has 0 N–H and O–H groups in total. The molecule has 5 aromatic rings. The first kappa shape index (κ1) is 21.7. The van der Waals surface area contributed by atoms with Crippen molar-refractivity contribution in [3.05, 3.63) is 87.5 Å². The smallest absolute Gasteiger partial charge is 0.265 e. The Hall–Kier alpha value is -3.80. The molecule has 0 aliphatic heterocycles. The van der Waals surface area contributed by atoms with Crippen LogP contribution in [-0.2, 0) is 13.1 Å². The quantitative estimate of drug-likeness (QED) is 0.307. The third-order valence-electron chi connectivity index (χ3n) is 7.14. The molecule has 0 bridgehead atoms. The first-order valence-electron chi connectivity index (χ1n) is 12.5. The van der Waals surface area contributed by atoms with Crippen molar-refractivity contribution in [1.82, 2.24) is 24.1 Å². The minimum Gasteiger partial charge on any atom is -0.308 e. The van der Waals surface area contributed by atoms with Crippen LogP contribution in [0.3, 0.4) is 0 Å². The summed E-state index contributed by atoms with van der Waals surface area (Å²) in [5, 5.41) is 0.564. The van der Waals surface area contributed by atoms with Crippen molar-refractivity contribution < 1.29 is 0 Å². The van der Waals surface area contributed by atoms with Crippen LogP contribution in [0.5, 0.6) is 0 Å². The van der Waals surface area contributed by atoms with Crippen LogP contribution in [0.25, 0.3) is 33.2 Å². The lowest BCUT2D eigenvalue weighted by Crippen LogP contribution is -2.24. The molecule has 0 radical (unpaired) electrons. The lowest BCUT2D eigenvalue weighted by Gasteiger charge is -2.14. The fourth-order valence-electron chi connectivity index (χ4n) is 5.16. The number of aromatic nitrogens is 5. The number of fused-ring (bicyclic) bond motifs is 4. The van der Waals surface area contributed by atoms with E-state index in [9.17, 15) is 4.79 Å². The molecule has 1 aliphatic carbocycles. The number of aryl methyl sites for hydroxylation is 3. The zero-order valence-electron chi connectivity index (χ0n) is 20.3. The predicted octanol–water partition coefficient (Wildman–Crippen LogP) is 5.85. The molecular weight excluding hydrogens is 434 g/mol. The molecule has 0 amide bonds. The second-order valence-electron chi connectivity index (χ2n) is 9.63. The Morgan fingerprint density at radius 2 is 1.63 bits per heavy atom. The maximum absolute atomic E-state index is 13.9. The lowest BCUT2D eigenvalue weighted by molar-refractivity contribution is 0.636. The summed E-state index contributed by atoms with van der Waals surface area (Å²) >= 11 is 0. The SMILES string of the molecule is Cc1ccc(Cn2c(C)nc3c(c2=O)c2nc4ccccc4nc2n3CCC2=CCCCC2)cc1. The van der Waals surface area contributed by atoms with Crippen LogP contribution in [0.4, 0.5) is 0 Å². The van der Waals surface area contributed by atoms with Gasteiger partial charge in [0.1, 0.15) is 16.7 Å². The maximum atomic E-state index is 13.9. The van der Waals surface area contributed by atoms with Gasteiger partial charge in [-0.15, -0.1) is 0 Å². The average Bonchev–Trinajstić information content (AvgIpc) is 3.17. The number of nitrogens with zero attached hydrogens (tertiary/aromatic N) is 5. The summed E-state index contributed by atoms with van der Waals surface area (Å²) in [6, 6.07) is 16.1. The van der Waals surface area contributed by atoms with Crippen molar-refractivity contribution in [3.63, 3.8) is 0 Å². The van der Waals surface area contributed by atoms with Gasteiger partial charge < -0.3 is 4.57 Å². The highest BCUT2D eigenvalue weighted by Crippen LogP contribution is 2.28. The third kappa shape index (κ3) is 3.93. The van der Waals surface area contributed by atoms with E-state index in [1.54, 1.807) is 4.57 Å². The van der Waals surface area contributed by atoms with Gasteiger partial charge >= 0.3 is 0 Å². The van der Waals surface area contributed by atoms with Gasteiger partial charge in [0.15, 0.2) is 11.3 Å². The zero-order valence-corrected chi connectivity index (χ0v) is 20.3. The second-order valence-corrected chi connectivity index (χ2v) is 9.63. The molecule has 6 rings (SSSR count). The van der Waals surface area contributed by atoms with Crippen molar-refractivity contribution in [2.24, 2.45) is 0 Å². The van der Waals surface area contributed by atoms with E-state index in [2.05, 4.69) is 41.8 Å². The number of benzene rings is 2. The van der Waals surface area contributed by atoms with Gasteiger partial charge in [-0.05, 0) is 63.6 Å². The molecule has 0 atom stereocenters. The summed E-state index contributed by atoms with van der Waals surface area (Å²) < 4.78 is 3.88. The fraction of sp³-hybridized carbons (Fsp3) is 0.310. The van der Waals surface area contributed by atoms with Crippen LogP contribution >= 0.6 is 0 Å². The minimum absolute atomic E-state index is 0.0571. The van der Waals surface area contributed by atoms with Gasteiger partial charge in [-0.1, -0.05) is 53.6 Å². The van der Waals surface area contributed by atoms with Crippen LogP contribution in [0, 0.1) is 13.8 Å². The van der Waals surface area contributed by atoms with Crippen molar-refractivity contribution in [1.29, 1.82) is 0 Å². The van der Waals surface area contributed by atoms with Crippen LogP contribution < -0.4 is 5.56 Å². The maximum Gasteiger partial charge on any atom is 0.265 e. The van der Waals surface area contributed by atoms with E-state index in [1.807, 2.05) is 31.2 Å². The van der Waals surface area contributed by atoms with Gasteiger partial charge in [0, 0.05) is 6.54 Å². The van der Waals surface area contributed by atoms with Gasteiger partial charge in [0.25, 0.3) is 5.56 Å². The first-order valence-corrected chi connectivity index (χ1v) is 12.5. The van der Waals surface area contributed by atoms with E-state index in [1.165, 1.54) is 24.0 Å². The Bertz CT molecular complexity index is 1660. The first-order chi connectivity index (χ1) is 17.1. The van der Waals surface area contributed by atoms with Crippen LogP contribution in [-0.4, -0.2) is 24.1 Å². The zero-order chi connectivity index (χ0) is 23.9. The van der Waals surface area contributed by atoms with Gasteiger partial charge in [-0.25, -0.2) is 15.0 Å². The molecule has 0 unspecified atom stereocenters. The van der Waals surface area contributed by atoms with E-state index in [0.29, 0.717) is 28.9 Å². The summed E-state index contributed by atoms with van der Waals surface area (Å²) in [4.78, 5) is 28.8. The molecule has 1 aliphatic rings. The Morgan fingerprint density at radius 1 is 0.857 bits per heavy atom. The number of allylic oxidation sites excluding steroid dienone is 2. The normalized spacial score (nSPS) is 14.2. The summed E-state index contributed by atoms with van der Waals surface area (Å²) in [7, 11) is 0. The van der Waals surface area contributed by atoms with Crippen molar-refractivity contribution >= 4 is 33.2 Å². The fourth-order valence-corrected chi connectivity index (χ4v) is 5.16. The van der Waals surface area contributed by atoms with Gasteiger partial charge in [-0.3, -0.25) is 9.36 Å². The summed E-state index contributed by atoms with van der Waals surface area (Å²) in [6.07, 6.45) is 8.17. The number of hydrogen-bond donors (Lipinski definition) is 0. The minimum atomic E-state index is -0.0571. The molecular formula is C29H29N5O. The monoisotopic (exact) mass is 463 g/mol. The molecule has 2 aromatic carbocycles. The highest BCUT2D eigenvalue weighted by molar-refractivity contribution is 6.04. The largest absolute Gasteiger partial charge is 0.308 e. The average molecular weight is 464 g/mol. The van der Waals surface area contributed by atoms with Crippen LogP contribution in [0.15, 0.2) is 65.0 Å². The molecule has 0 saturated carbocycles. The van der Waals surface area contributed by atoms with Gasteiger partial charge in [0.05, 0.1) is 17.6 Å². The van der Waals surface area contributed by atoms with Gasteiger partial charge in [0.2, 0.25) is 0 Å². The second kappa shape index (κ2) is 8.77. The topological polar surface area (TPSA) is 65.6 Å². The van der Waals surface area contributed by atoms with Crippen molar-refractivity contribution in [3.8, 4) is 0 Å². The summed E-state index contributed by atoms with van der Waals surface area (Å²) in [5.74, 6) is 0.702. The highest BCUT2D eigenvalue weighted by Gasteiger charge is 2.21. The number of para-hydroxylation sites is 2. The van der Waals surface area contributed by atoms with E-state index in [-0.39, 0.29) is 5.56 Å². The van der Waals surface area contributed by atoms with Gasteiger partial charge in [-0.2, -0.15) is 0 Å². The van der Waals surface area contributed by atoms with Crippen molar-refractivity contribution in [2.45, 2.75) is 59.0 Å². The molecule has 3 aromatic heterocycles. The Morgan fingerprint density at radius 3 is 2.37 bits per heavy atom.